The maximum Gasteiger partial charge on any atom is 0.454 e. The Balaban J connectivity index is 2.04. The molecule has 10 heteroatoms. The van der Waals surface area contributed by atoms with E-state index in [1.807, 2.05) is 0 Å². The highest BCUT2D eigenvalue weighted by Gasteiger charge is 2.71. The van der Waals surface area contributed by atoms with Crippen molar-refractivity contribution < 1.29 is 40.6 Å². The van der Waals surface area contributed by atoms with Crippen LogP contribution in [0.25, 0.3) is 11.3 Å². The third kappa shape index (κ3) is 2.82. The van der Waals surface area contributed by atoms with Crippen molar-refractivity contribution in [2.24, 2.45) is 5.41 Å². The Bertz CT molecular complexity index is 948. The van der Waals surface area contributed by atoms with Crippen LogP contribution in [0.1, 0.15) is 29.4 Å². The number of carbonyl (C=O) groups is 1. The van der Waals surface area contributed by atoms with Crippen molar-refractivity contribution in [2.45, 2.75) is 31.9 Å². The first-order valence-corrected chi connectivity index (χ1v) is 7.97. The maximum atomic E-state index is 13.9. The lowest BCUT2D eigenvalue weighted by atomic mass is 9.68. The van der Waals surface area contributed by atoms with Crippen LogP contribution in [0.4, 0.5) is 30.7 Å². The van der Waals surface area contributed by atoms with E-state index in [2.05, 4.69) is 4.98 Å². The summed E-state index contributed by atoms with van der Waals surface area (Å²) in [6.45, 7) is 0.560. The van der Waals surface area contributed by atoms with Crippen LogP contribution in [0.3, 0.4) is 0 Å². The highest BCUT2D eigenvalue weighted by Crippen LogP contribution is 2.53. The van der Waals surface area contributed by atoms with Gasteiger partial charge in [-0.3, -0.25) is 9.78 Å². The number of phenolic OH excluding ortho intramolecular Hbond substituents is 1. The van der Waals surface area contributed by atoms with Crippen molar-refractivity contribution in [1.82, 2.24) is 4.98 Å². The zero-order valence-corrected chi connectivity index (χ0v) is 14.2. The van der Waals surface area contributed by atoms with E-state index >= 15 is 0 Å². The molecule has 0 amide bonds. The second-order valence-corrected chi connectivity index (χ2v) is 6.71. The number of ketones is 1. The van der Waals surface area contributed by atoms with Gasteiger partial charge in [-0.1, -0.05) is 0 Å². The first-order chi connectivity index (χ1) is 12.8. The number of aryl methyl sites for hydroxylation is 1. The van der Waals surface area contributed by atoms with Crippen LogP contribution in [0.5, 0.6) is 5.75 Å². The number of benzene rings is 1. The number of pyridine rings is 1. The monoisotopic (exact) mass is 407 g/mol. The number of carbonyl (C=O) groups excluding carboxylic acids is 1. The minimum absolute atomic E-state index is 0.0319. The normalized spacial score (nSPS) is 20.2. The lowest BCUT2D eigenvalue weighted by Gasteiger charge is -2.39. The lowest BCUT2D eigenvalue weighted by Crippen LogP contribution is -2.56. The SMILES string of the molecule is CC1(C(F)(F)C(F)(F)F)CCc2nc(-c3cc(F)c(O)c(F)c3)ccc2C1=O. The predicted molar refractivity (Wildman–Crippen MR) is 83.0 cm³/mol. The maximum absolute atomic E-state index is 13.9. The van der Waals surface area contributed by atoms with Crippen molar-refractivity contribution in [3.8, 4) is 17.0 Å². The molecule has 0 saturated heterocycles. The molecule has 1 heterocycles. The zero-order valence-electron chi connectivity index (χ0n) is 14.2. The molecule has 1 aliphatic carbocycles. The Hall–Kier alpha value is -2.65. The van der Waals surface area contributed by atoms with E-state index in [0.29, 0.717) is 6.92 Å². The third-order valence-electron chi connectivity index (χ3n) is 4.94. The molecule has 0 fully saturated rings. The number of fused-ring (bicyclic) bond motifs is 1. The van der Waals surface area contributed by atoms with Gasteiger partial charge in [0.1, 0.15) is 5.41 Å². The molecule has 3 rings (SSSR count). The summed E-state index contributed by atoms with van der Waals surface area (Å²) < 4.78 is 93.3. The number of Topliss-reactive ketones (excluding diaryl/α,β-unsaturated/α-hetero) is 1. The first-order valence-electron chi connectivity index (χ1n) is 7.97. The van der Waals surface area contributed by atoms with E-state index < -0.39 is 52.7 Å². The lowest BCUT2D eigenvalue weighted by molar-refractivity contribution is -0.314. The van der Waals surface area contributed by atoms with Gasteiger partial charge in [0.2, 0.25) is 0 Å². The smallest absolute Gasteiger partial charge is 0.454 e. The summed E-state index contributed by atoms with van der Waals surface area (Å²) in [5.74, 6) is -10.4. The molecule has 2 aromatic rings. The number of rotatable bonds is 2. The number of hydrogen-bond donors (Lipinski definition) is 1. The van der Waals surface area contributed by atoms with Crippen molar-refractivity contribution in [2.75, 3.05) is 0 Å². The second kappa shape index (κ2) is 6.18. The van der Waals surface area contributed by atoms with Crippen LogP contribution < -0.4 is 0 Å². The van der Waals surface area contributed by atoms with Crippen molar-refractivity contribution >= 4 is 5.78 Å². The van der Waals surface area contributed by atoms with Gasteiger partial charge in [-0.15, -0.1) is 0 Å². The van der Waals surface area contributed by atoms with E-state index in [4.69, 9.17) is 5.11 Å². The molecule has 0 bridgehead atoms. The molecule has 1 atom stereocenters. The molecule has 0 spiro atoms. The van der Waals surface area contributed by atoms with Gasteiger partial charge in [0.25, 0.3) is 0 Å². The fraction of sp³-hybridized carbons (Fsp3) is 0.333. The van der Waals surface area contributed by atoms with E-state index in [1.54, 1.807) is 0 Å². The number of phenols is 1. The standard InChI is InChI=1S/C18H12F7NO2/c1-16(17(21,22)18(23,24)25)5-4-13-9(15(16)28)2-3-12(26-13)8-6-10(19)14(27)11(20)7-8/h2-3,6-7,27H,4-5H2,1H3. The second-order valence-electron chi connectivity index (χ2n) is 6.71. The van der Waals surface area contributed by atoms with Gasteiger partial charge in [-0.25, -0.2) is 8.78 Å². The van der Waals surface area contributed by atoms with Crippen molar-refractivity contribution in [1.29, 1.82) is 0 Å². The fourth-order valence-corrected chi connectivity index (χ4v) is 3.16. The number of halogens is 7. The van der Waals surface area contributed by atoms with E-state index in [9.17, 15) is 35.5 Å². The van der Waals surface area contributed by atoms with Gasteiger partial charge in [-0.2, -0.15) is 22.0 Å². The van der Waals surface area contributed by atoms with Crippen LogP contribution in [0, 0.1) is 17.0 Å². The molecule has 0 radical (unpaired) electrons. The molecule has 1 aromatic heterocycles. The molecular formula is C18H12F7NO2. The van der Waals surface area contributed by atoms with Crippen molar-refractivity contribution in [3.05, 3.63) is 47.2 Å². The van der Waals surface area contributed by atoms with E-state index in [1.165, 1.54) is 0 Å². The molecule has 1 aromatic carbocycles. The number of aromatic hydroxyl groups is 1. The molecular weight excluding hydrogens is 395 g/mol. The van der Waals surface area contributed by atoms with Crippen LogP contribution in [0.15, 0.2) is 24.3 Å². The number of nitrogens with zero attached hydrogens (tertiary/aromatic N) is 1. The van der Waals surface area contributed by atoms with Gasteiger partial charge in [0, 0.05) is 11.1 Å². The summed E-state index contributed by atoms with van der Waals surface area (Å²) >= 11 is 0. The Kier molecular flexibility index (Phi) is 4.43. The van der Waals surface area contributed by atoms with Crippen LogP contribution in [0.2, 0.25) is 0 Å². The number of hydrogen-bond acceptors (Lipinski definition) is 3. The molecule has 0 saturated carbocycles. The summed E-state index contributed by atoms with van der Waals surface area (Å²) in [6, 6.07) is 3.64. The summed E-state index contributed by atoms with van der Waals surface area (Å²) in [6.07, 6.45) is -7.07. The highest BCUT2D eigenvalue weighted by molar-refractivity contribution is 6.03. The summed E-state index contributed by atoms with van der Waals surface area (Å²) in [5.41, 5.74) is -3.57. The quantitative estimate of drug-likeness (QED) is 0.708. The summed E-state index contributed by atoms with van der Waals surface area (Å²) in [7, 11) is 0. The Morgan fingerprint density at radius 2 is 1.64 bits per heavy atom. The predicted octanol–water partition coefficient (Wildman–Crippen LogP) is 5.07. The molecule has 3 nitrogen and oxygen atoms in total. The molecule has 28 heavy (non-hydrogen) atoms. The average Bonchev–Trinajstić information content (AvgIpc) is 2.61. The molecule has 1 N–H and O–H groups in total. The van der Waals surface area contributed by atoms with Crippen LogP contribution >= 0.6 is 0 Å². The number of aromatic nitrogens is 1. The largest absolute Gasteiger partial charge is 0.503 e. The Morgan fingerprint density at radius 1 is 1.07 bits per heavy atom. The Morgan fingerprint density at radius 3 is 2.18 bits per heavy atom. The van der Waals surface area contributed by atoms with E-state index in [0.717, 1.165) is 24.3 Å². The van der Waals surface area contributed by atoms with Gasteiger partial charge in [0.05, 0.1) is 11.4 Å². The topological polar surface area (TPSA) is 50.2 Å². The van der Waals surface area contributed by atoms with Crippen LogP contribution in [-0.4, -0.2) is 28.0 Å². The first kappa shape index (κ1) is 20.1. The molecule has 1 unspecified atom stereocenters. The third-order valence-corrected chi connectivity index (χ3v) is 4.94. The van der Waals surface area contributed by atoms with E-state index in [-0.39, 0.29) is 23.4 Å². The Labute approximate surface area is 153 Å². The molecule has 150 valence electrons. The summed E-state index contributed by atoms with van der Waals surface area (Å²) in [4.78, 5) is 16.5. The molecule has 0 aliphatic heterocycles. The molecule has 1 aliphatic rings. The fourth-order valence-electron chi connectivity index (χ4n) is 3.16. The minimum Gasteiger partial charge on any atom is -0.503 e. The van der Waals surface area contributed by atoms with Gasteiger partial charge in [0.15, 0.2) is 23.2 Å². The van der Waals surface area contributed by atoms with Gasteiger partial charge >= 0.3 is 12.1 Å². The van der Waals surface area contributed by atoms with Gasteiger partial charge in [-0.05, 0) is 44.0 Å². The number of alkyl halides is 5. The highest BCUT2D eigenvalue weighted by atomic mass is 19.4. The minimum atomic E-state index is -5.90. The zero-order chi connectivity index (χ0) is 21.1. The van der Waals surface area contributed by atoms with Crippen molar-refractivity contribution in [3.63, 3.8) is 0 Å². The average molecular weight is 407 g/mol. The van der Waals surface area contributed by atoms with Gasteiger partial charge < -0.3 is 5.11 Å². The van der Waals surface area contributed by atoms with Crippen LogP contribution in [-0.2, 0) is 6.42 Å². The summed E-state index contributed by atoms with van der Waals surface area (Å²) in [5, 5.41) is 9.13.